The van der Waals surface area contributed by atoms with E-state index in [0.717, 1.165) is 12.8 Å². The zero-order valence-corrected chi connectivity index (χ0v) is 10.5. The van der Waals surface area contributed by atoms with Crippen LogP contribution in [0.2, 0.25) is 0 Å². The monoisotopic (exact) mass is 261 g/mol. The van der Waals surface area contributed by atoms with Gasteiger partial charge in [-0.3, -0.25) is 10.1 Å². The number of nitrogens with one attached hydrogen (secondary N) is 1. The van der Waals surface area contributed by atoms with E-state index in [1.54, 1.807) is 12.1 Å². The summed E-state index contributed by atoms with van der Waals surface area (Å²) in [5.74, 6) is 0.784. The smallest absolute Gasteiger partial charge is 0.322 e. The standard InChI is InChI=1S/C13H15N3O3/c17-11(10-7-4-8-18-10)14-13-16-15-12(19-13)9-5-2-1-3-6-9/h4,7-9H,1-3,5-6H2,(H,14,16,17). The SMILES string of the molecule is O=C(Nc1nnc(C2CCCCC2)o1)c1ccco1. The Morgan fingerprint density at radius 2 is 2.11 bits per heavy atom. The molecule has 2 heterocycles. The molecule has 3 rings (SSSR count). The van der Waals surface area contributed by atoms with E-state index in [1.165, 1.54) is 25.5 Å². The van der Waals surface area contributed by atoms with Crippen molar-refractivity contribution in [3.8, 4) is 0 Å². The molecule has 1 saturated carbocycles. The highest BCUT2D eigenvalue weighted by Crippen LogP contribution is 2.32. The Bertz CT molecular complexity index is 541. The number of anilines is 1. The molecule has 19 heavy (non-hydrogen) atoms. The van der Waals surface area contributed by atoms with Gasteiger partial charge in [0.1, 0.15) is 0 Å². The number of amides is 1. The molecule has 0 radical (unpaired) electrons. The van der Waals surface area contributed by atoms with E-state index in [2.05, 4.69) is 15.5 Å². The van der Waals surface area contributed by atoms with E-state index in [0.29, 0.717) is 11.8 Å². The van der Waals surface area contributed by atoms with Crippen LogP contribution in [0, 0.1) is 0 Å². The first kappa shape index (κ1) is 12.0. The van der Waals surface area contributed by atoms with Crippen molar-refractivity contribution < 1.29 is 13.6 Å². The molecule has 6 nitrogen and oxygen atoms in total. The molecule has 0 bridgehead atoms. The summed E-state index contributed by atoms with van der Waals surface area (Å²) in [5.41, 5.74) is 0. The van der Waals surface area contributed by atoms with E-state index in [-0.39, 0.29) is 17.7 Å². The van der Waals surface area contributed by atoms with Crippen molar-refractivity contribution in [3.05, 3.63) is 30.0 Å². The van der Waals surface area contributed by atoms with Gasteiger partial charge >= 0.3 is 6.01 Å². The van der Waals surface area contributed by atoms with Crippen molar-refractivity contribution in [1.29, 1.82) is 0 Å². The maximum absolute atomic E-state index is 11.7. The Hall–Kier alpha value is -2.11. The van der Waals surface area contributed by atoms with Gasteiger partial charge in [-0.25, -0.2) is 0 Å². The number of carbonyl (C=O) groups is 1. The van der Waals surface area contributed by atoms with E-state index < -0.39 is 0 Å². The Labute approximate surface area is 110 Å². The van der Waals surface area contributed by atoms with E-state index >= 15 is 0 Å². The van der Waals surface area contributed by atoms with E-state index in [4.69, 9.17) is 8.83 Å². The van der Waals surface area contributed by atoms with Crippen LogP contribution in [0.5, 0.6) is 0 Å². The molecule has 0 atom stereocenters. The number of hydrogen-bond acceptors (Lipinski definition) is 5. The van der Waals surface area contributed by atoms with Crippen LogP contribution >= 0.6 is 0 Å². The summed E-state index contributed by atoms with van der Waals surface area (Å²) in [7, 11) is 0. The Morgan fingerprint density at radius 1 is 1.26 bits per heavy atom. The average Bonchev–Trinajstić information content (AvgIpc) is 3.11. The predicted octanol–water partition coefficient (Wildman–Crippen LogP) is 2.96. The second kappa shape index (κ2) is 5.26. The minimum absolute atomic E-state index is 0.127. The molecule has 1 aliphatic rings. The number of furan rings is 1. The minimum atomic E-state index is -0.385. The van der Waals surface area contributed by atoms with Crippen molar-refractivity contribution in [2.24, 2.45) is 0 Å². The lowest BCUT2D eigenvalue weighted by molar-refractivity contribution is 0.0993. The fourth-order valence-electron chi connectivity index (χ4n) is 2.37. The highest BCUT2D eigenvalue weighted by Gasteiger charge is 2.22. The van der Waals surface area contributed by atoms with Gasteiger partial charge in [0.25, 0.3) is 5.91 Å². The third kappa shape index (κ3) is 2.67. The molecule has 2 aromatic rings. The topological polar surface area (TPSA) is 81.2 Å². The number of carbonyl (C=O) groups excluding carboxylic acids is 1. The zero-order chi connectivity index (χ0) is 13.1. The molecule has 100 valence electrons. The maximum atomic E-state index is 11.7. The van der Waals surface area contributed by atoms with Gasteiger partial charge in [0.2, 0.25) is 5.89 Å². The van der Waals surface area contributed by atoms with Crippen LogP contribution in [0.1, 0.15) is 54.5 Å². The third-order valence-electron chi connectivity index (χ3n) is 3.36. The highest BCUT2D eigenvalue weighted by molar-refractivity contribution is 6.00. The van der Waals surface area contributed by atoms with Crippen molar-refractivity contribution in [2.45, 2.75) is 38.0 Å². The van der Waals surface area contributed by atoms with Crippen molar-refractivity contribution in [3.63, 3.8) is 0 Å². The van der Waals surface area contributed by atoms with Gasteiger partial charge in [-0.05, 0) is 25.0 Å². The molecule has 0 unspecified atom stereocenters. The molecular formula is C13H15N3O3. The van der Waals surface area contributed by atoms with Crippen LogP contribution in [-0.2, 0) is 0 Å². The van der Waals surface area contributed by atoms with Gasteiger partial charge in [-0.15, -0.1) is 5.10 Å². The van der Waals surface area contributed by atoms with Gasteiger partial charge < -0.3 is 8.83 Å². The summed E-state index contributed by atoms with van der Waals surface area (Å²) in [5, 5.41) is 10.4. The lowest BCUT2D eigenvalue weighted by Crippen LogP contribution is -2.11. The van der Waals surface area contributed by atoms with E-state index in [1.807, 2.05) is 0 Å². The van der Waals surface area contributed by atoms with Gasteiger partial charge in [0.15, 0.2) is 5.76 Å². The predicted molar refractivity (Wildman–Crippen MR) is 66.8 cm³/mol. The number of rotatable bonds is 3. The fraction of sp³-hybridized carbons (Fsp3) is 0.462. The summed E-state index contributed by atoms with van der Waals surface area (Å²) in [6, 6.07) is 3.35. The minimum Gasteiger partial charge on any atom is -0.459 e. The van der Waals surface area contributed by atoms with Crippen LogP contribution in [-0.4, -0.2) is 16.1 Å². The molecule has 1 aliphatic carbocycles. The molecule has 0 spiro atoms. The second-order valence-electron chi connectivity index (χ2n) is 4.71. The van der Waals surface area contributed by atoms with Crippen LogP contribution in [0.4, 0.5) is 6.01 Å². The maximum Gasteiger partial charge on any atom is 0.322 e. The molecule has 2 aromatic heterocycles. The highest BCUT2D eigenvalue weighted by atomic mass is 16.4. The molecule has 1 N–H and O–H groups in total. The number of nitrogens with zero attached hydrogens (tertiary/aromatic N) is 2. The van der Waals surface area contributed by atoms with Crippen molar-refractivity contribution in [2.75, 3.05) is 5.32 Å². The van der Waals surface area contributed by atoms with Crippen LogP contribution in [0.3, 0.4) is 0 Å². The Balaban J connectivity index is 1.66. The van der Waals surface area contributed by atoms with Crippen LogP contribution in [0.15, 0.2) is 27.2 Å². The molecule has 1 fully saturated rings. The summed E-state index contributed by atoms with van der Waals surface area (Å²) >= 11 is 0. The van der Waals surface area contributed by atoms with Crippen molar-refractivity contribution >= 4 is 11.9 Å². The first-order valence-electron chi connectivity index (χ1n) is 6.51. The van der Waals surface area contributed by atoms with Gasteiger partial charge in [0.05, 0.1) is 6.26 Å². The van der Waals surface area contributed by atoms with Crippen LogP contribution < -0.4 is 5.32 Å². The number of hydrogen-bond donors (Lipinski definition) is 1. The first-order valence-corrected chi connectivity index (χ1v) is 6.51. The summed E-state index contributed by atoms with van der Waals surface area (Å²) in [6.45, 7) is 0. The summed E-state index contributed by atoms with van der Waals surface area (Å²) in [4.78, 5) is 11.7. The lowest BCUT2D eigenvalue weighted by Gasteiger charge is -2.17. The largest absolute Gasteiger partial charge is 0.459 e. The molecular weight excluding hydrogens is 246 g/mol. The molecule has 1 amide bonds. The zero-order valence-electron chi connectivity index (χ0n) is 10.5. The third-order valence-corrected chi connectivity index (χ3v) is 3.36. The Kier molecular flexibility index (Phi) is 3.31. The Morgan fingerprint density at radius 3 is 2.84 bits per heavy atom. The van der Waals surface area contributed by atoms with Gasteiger partial charge in [-0.1, -0.05) is 24.4 Å². The normalized spacial score (nSPS) is 16.4. The first-order chi connectivity index (χ1) is 9.33. The summed E-state index contributed by atoms with van der Waals surface area (Å²) in [6.07, 6.45) is 7.26. The van der Waals surface area contributed by atoms with E-state index in [9.17, 15) is 4.79 Å². The van der Waals surface area contributed by atoms with Gasteiger partial charge in [0, 0.05) is 5.92 Å². The molecule has 0 saturated heterocycles. The second-order valence-corrected chi connectivity index (χ2v) is 4.71. The van der Waals surface area contributed by atoms with Crippen LogP contribution in [0.25, 0.3) is 0 Å². The molecule has 0 aromatic carbocycles. The summed E-state index contributed by atoms with van der Waals surface area (Å²) < 4.78 is 10.5. The average molecular weight is 261 g/mol. The molecule has 6 heteroatoms. The van der Waals surface area contributed by atoms with Crippen molar-refractivity contribution in [1.82, 2.24) is 10.2 Å². The number of aromatic nitrogens is 2. The molecule has 0 aliphatic heterocycles. The quantitative estimate of drug-likeness (QED) is 0.918. The lowest BCUT2D eigenvalue weighted by atomic mass is 9.89. The van der Waals surface area contributed by atoms with Gasteiger partial charge in [-0.2, -0.15) is 0 Å². The fourth-order valence-corrected chi connectivity index (χ4v) is 2.37.